The smallest absolute Gasteiger partial charge is 0.307 e. The van der Waals surface area contributed by atoms with E-state index in [1.807, 2.05) is 26.0 Å². The maximum atomic E-state index is 12.4. The first kappa shape index (κ1) is 20.3. The van der Waals surface area contributed by atoms with Gasteiger partial charge < -0.3 is 19.9 Å². The van der Waals surface area contributed by atoms with Gasteiger partial charge in [-0.3, -0.25) is 9.59 Å². The van der Waals surface area contributed by atoms with E-state index in [0.717, 1.165) is 0 Å². The molecule has 1 unspecified atom stereocenters. The lowest BCUT2D eigenvalue weighted by Gasteiger charge is -2.34. The molecule has 0 radical (unpaired) electrons. The van der Waals surface area contributed by atoms with E-state index in [4.69, 9.17) is 14.6 Å². The number of anilines is 1. The molecule has 0 aromatic heterocycles. The molecule has 3 rings (SSSR count). The van der Waals surface area contributed by atoms with Crippen molar-refractivity contribution in [3.63, 3.8) is 0 Å². The van der Waals surface area contributed by atoms with Crippen LogP contribution < -0.4 is 14.8 Å². The van der Waals surface area contributed by atoms with Crippen LogP contribution in [0.25, 0.3) is 0 Å². The van der Waals surface area contributed by atoms with Crippen LogP contribution in [0.5, 0.6) is 11.5 Å². The number of para-hydroxylation sites is 3. The maximum absolute atomic E-state index is 12.4. The fourth-order valence-electron chi connectivity index (χ4n) is 2.68. The molecule has 0 fully saturated rings. The number of fused-ring (bicyclic) bond motifs is 1. The summed E-state index contributed by atoms with van der Waals surface area (Å²) >= 11 is 0. The number of nitrogens with one attached hydrogen (secondary N) is 1. The Hall–Kier alpha value is -3.02. The summed E-state index contributed by atoms with van der Waals surface area (Å²) in [6, 6.07) is 14.2. The maximum Gasteiger partial charge on any atom is 0.307 e. The molecular formula is C21H25NO5. The summed E-state index contributed by atoms with van der Waals surface area (Å²) in [4.78, 5) is 23.3. The highest BCUT2D eigenvalue weighted by Crippen LogP contribution is 2.34. The Bertz CT molecular complexity index is 805. The van der Waals surface area contributed by atoms with Gasteiger partial charge in [0.2, 0.25) is 0 Å². The average molecular weight is 371 g/mol. The van der Waals surface area contributed by atoms with Crippen LogP contribution >= 0.6 is 0 Å². The summed E-state index contributed by atoms with van der Waals surface area (Å²) in [7, 11) is 0. The molecule has 0 saturated carbocycles. The molecule has 144 valence electrons. The number of amides is 1. The molecular weight excluding hydrogens is 346 g/mol. The zero-order valence-corrected chi connectivity index (χ0v) is 15.8. The highest BCUT2D eigenvalue weighted by molar-refractivity contribution is 6.00. The minimum atomic E-state index is -1.05. The molecule has 1 aliphatic rings. The SMILES string of the molecule is CC.CC1(CCOc2ccccc2CC(=O)O)Oc2ccccc2NC1=O. The van der Waals surface area contributed by atoms with Crippen molar-refractivity contribution in [1.82, 2.24) is 0 Å². The first-order valence-corrected chi connectivity index (χ1v) is 9.00. The molecule has 1 amide bonds. The molecule has 6 nitrogen and oxygen atoms in total. The van der Waals surface area contributed by atoms with Crippen molar-refractivity contribution in [1.29, 1.82) is 0 Å². The van der Waals surface area contributed by atoms with Crippen molar-refractivity contribution in [2.45, 2.75) is 39.2 Å². The average Bonchev–Trinajstić information content (AvgIpc) is 2.65. The third-order valence-corrected chi connectivity index (χ3v) is 4.10. The van der Waals surface area contributed by atoms with Gasteiger partial charge in [0.15, 0.2) is 5.60 Å². The van der Waals surface area contributed by atoms with Crippen LogP contribution in [0.4, 0.5) is 5.69 Å². The first-order chi connectivity index (χ1) is 13.0. The fourth-order valence-corrected chi connectivity index (χ4v) is 2.68. The van der Waals surface area contributed by atoms with Crippen LogP contribution in [0.15, 0.2) is 48.5 Å². The second kappa shape index (κ2) is 9.07. The number of rotatable bonds is 6. The van der Waals surface area contributed by atoms with Gasteiger partial charge in [0.1, 0.15) is 11.5 Å². The third kappa shape index (κ3) is 5.00. The normalized spacial score (nSPS) is 17.5. The Morgan fingerprint density at radius 2 is 1.81 bits per heavy atom. The summed E-state index contributed by atoms with van der Waals surface area (Å²) in [6.07, 6.45) is 0.215. The molecule has 27 heavy (non-hydrogen) atoms. The lowest BCUT2D eigenvalue weighted by molar-refractivity contribution is -0.136. The fraction of sp³-hybridized carbons (Fsp3) is 0.333. The number of hydrogen-bond acceptors (Lipinski definition) is 4. The standard InChI is InChI=1S/C19H19NO5.C2H6/c1-19(18(23)20-14-7-3-5-9-16(14)25-19)10-11-24-15-8-4-2-6-13(15)12-17(21)22;1-2/h2-9H,10-12H2,1H3,(H,20,23)(H,21,22);1-2H3. The number of carboxylic acid groups (broad SMARTS) is 1. The first-order valence-electron chi connectivity index (χ1n) is 9.00. The van der Waals surface area contributed by atoms with Crippen molar-refractivity contribution in [2.24, 2.45) is 0 Å². The van der Waals surface area contributed by atoms with Gasteiger partial charge in [-0.2, -0.15) is 0 Å². The Morgan fingerprint density at radius 3 is 2.56 bits per heavy atom. The summed E-state index contributed by atoms with van der Waals surface area (Å²) in [6.45, 7) is 5.94. The zero-order chi connectivity index (χ0) is 19.9. The molecule has 6 heteroatoms. The molecule has 2 N–H and O–H groups in total. The number of carbonyl (C=O) groups excluding carboxylic acids is 1. The Balaban J connectivity index is 0.00000126. The highest BCUT2D eigenvalue weighted by atomic mass is 16.5. The topological polar surface area (TPSA) is 84.9 Å². The minimum Gasteiger partial charge on any atom is -0.493 e. The number of hydrogen-bond donors (Lipinski definition) is 2. The molecule has 0 saturated heterocycles. The predicted octanol–water partition coefficient (Wildman–Crippen LogP) is 3.90. The van der Waals surface area contributed by atoms with E-state index in [-0.39, 0.29) is 18.9 Å². The van der Waals surface area contributed by atoms with E-state index in [1.54, 1.807) is 43.3 Å². The summed E-state index contributed by atoms with van der Waals surface area (Å²) in [5.41, 5.74) is 0.202. The lowest BCUT2D eigenvalue weighted by Crippen LogP contribution is -2.49. The van der Waals surface area contributed by atoms with Gasteiger partial charge in [-0.25, -0.2) is 0 Å². The number of benzene rings is 2. The van der Waals surface area contributed by atoms with Crippen molar-refractivity contribution < 1.29 is 24.2 Å². The Labute approximate surface area is 159 Å². The van der Waals surface area contributed by atoms with Gasteiger partial charge in [0, 0.05) is 12.0 Å². The Morgan fingerprint density at radius 1 is 1.15 bits per heavy atom. The number of aliphatic carboxylic acids is 1. The highest BCUT2D eigenvalue weighted by Gasteiger charge is 2.39. The number of carboxylic acids is 1. The van der Waals surface area contributed by atoms with E-state index in [1.165, 1.54) is 0 Å². The van der Waals surface area contributed by atoms with E-state index in [0.29, 0.717) is 29.2 Å². The molecule has 2 aromatic rings. The minimum absolute atomic E-state index is 0.113. The quantitative estimate of drug-likeness (QED) is 0.804. The number of carbonyl (C=O) groups is 2. The Kier molecular flexibility index (Phi) is 6.82. The third-order valence-electron chi connectivity index (χ3n) is 4.10. The van der Waals surface area contributed by atoms with Crippen LogP contribution in [-0.4, -0.2) is 29.2 Å². The summed E-state index contributed by atoms with van der Waals surface area (Å²) < 4.78 is 11.6. The van der Waals surface area contributed by atoms with Crippen LogP contribution in [0.1, 0.15) is 32.8 Å². The van der Waals surface area contributed by atoms with Crippen LogP contribution in [0.3, 0.4) is 0 Å². The van der Waals surface area contributed by atoms with Crippen molar-refractivity contribution in [3.05, 3.63) is 54.1 Å². The monoisotopic (exact) mass is 371 g/mol. The van der Waals surface area contributed by atoms with Crippen LogP contribution in [-0.2, 0) is 16.0 Å². The van der Waals surface area contributed by atoms with Gasteiger partial charge in [0.05, 0.1) is 18.7 Å². The molecule has 2 aromatic carbocycles. The largest absolute Gasteiger partial charge is 0.493 e. The van der Waals surface area contributed by atoms with E-state index >= 15 is 0 Å². The lowest BCUT2D eigenvalue weighted by atomic mass is 9.99. The molecule has 1 heterocycles. The van der Waals surface area contributed by atoms with Gasteiger partial charge in [-0.15, -0.1) is 0 Å². The second-order valence-corrected chi connectivity index (χ2v) is 6.06. The number of ether oxygens (including phenoxy) is 2. The molecule has 0 spiro atoms. The van der Waals surface area contributed by atoms with Gasteiger partial charge in [0.25, 0.3) is 5.91 Å². The second-order valence-electron chi connectivity index (χ2n) is 6.06. The van der Waals surface area contributed by atoms with Gasteiger partial charge in [-0.1, -0.05) is 44.2 Å². The van der Waals surface area contributed by atoms with Crippen LogP contribution in [0, 0.1) is 0 Å². The molecule has 0 aliphatic carbocycles. The van der Waals surface area contributed by atoms with Crippen LogP contribution in [0.2, 0.25) is 0 Å². The molecule has 1 aliphatic heterocycles. The van der Waals surface area contributed by atoms with Gasteiger partial charge in [-0.05, 0) is 25.1 Å². The zero-order valence-electron chi connectivity index (χ0n) is 15.8. The van der Waals surface area contributed by atoms with E-state index in [9.17, 15) is 9.59 Å². The molecule has 1 atom stereocenters. The summed E-state index contributed by atoms with van der Waals surface area (Å²) in [5.74, 6) is -0.0239. The van der Waals surface area contributed by atoms with E-state index in [2.05, 4.69) is 5.32 Å². The van der Waals surface area contributed by atoms with Crippen molar-refractivity contribution >= 4 is 17.6 Å². The van der Waals surface area contributed by atoms with Crippen molar-refractivity contribution in [3.8, 4) is 11.5 Å². The molecule has 0 bridgehead atoms. The van der Waals surface area contributed by atoms with Crippen molar-refractivity contribution in [2.75, 3.05) is 11.9 Å². The van der Waals surface area contributed by atoms with Gasteiger partial charge >= 0.3 is 5.97 Å². The summed E-state index contributed by atoms with van der Waals surface area (Å²) in [5, 5.41) is 11.8. The van der Waals surface area contributed by atoms with E-state index < -0.39 is 11.6 Å². The predicted molar refractivity (Wildman–Crippen MR) is 103 cm³/mol.